The topological polar surface area (TPSA) is 51.1 Å². The van der Waals surface area contributed by atoms with Crippen molar-refractivity contribution in [2.45, 2.75) is 27.3 Å². The summed E-state index contributed by atoms with van der Waals surface area (Å²) < 4.78 is 1.95. The highest BCUT2D eigenvalue weighted by Crippen LogP contribution is 2.21. The molecule has 0 radical (unpaired) electrons. The van der Waals surface area contributed by atoms with Crippen LogP contribution in [0.5, 0.6) is 0 Å². The van der Waals surface area contributed by atoms with E-state index < -0.39 is 5.91 Å². The number of carbonyl (C=O) groups excluding carboxylic acids is 1. The lowest BCUT2D eigenvalue weighted by Crippen LogP contribution is -2.27. The summed E-state index contributed by atoms with van der Waals surface area (Å²) in [6, 6.07) is 14.2. The SMILES string of the molecule is Cc1ccc(Cl)cc1NC(=O)c1c(C)n(Cc2ccc(Cl)cc2)c(C)cc1=O. The molecule has 2 aromatic carbocycles. The highest BCUT2D eigenvalue weighted by atomic mass is 35.5. The van der Waals surface area contributed by atoms with Crippen LogP contribution in [0.3, 0.4) is 0 Å². The molecule has 0 spiro atoms. The number of hydrogen-bond donors (Lipinski definition) is 1. The van der Waals surface area contributed by atoms with Gasteiger partial charge in [-0.15, -0.1) is 0 Å². The minimum atomic E-state index is -0.447. The van der Waals surface area contributed by atoms with Crippen molar-refractivity contribution in [3.8, 4) is 0 Å². The third-order valence-electron chi connectivity index (χ3n) is 4.71. The van der Waals surface area contributed by atoms with Gasteiger partial charge in [-0.2, -0.15) is 0 Å². The number of hydrogen-bond acceptors (Lipinski definition) is 2. The quantitative estimate of drug-likeness (QED) is 0.622. The molecule has 3 rings (SSSR count). The molecule has 0 atom stereocenters. The smallest absolute Gasteiger partial charge is 0.261 e. The van der Waals surface area contributed by atoms with Crippen LogP contribution in [0.15, 0.2) is 53.3 Å². The second-order valence-electron chi connectivity index (χ2n) is 6.74. The first-order valence-corrected chi connectivity index (χ1v) is 9.55. The fraction of sp³-hybridized carbons (Fsp3) is 0.182. The van der Waals surface area contributed by atoms with E-state index in [4.69, 9.17) is 23.2 Å². The van der Waals surface area contributed by atoms with E-state index in [2.05, 4.69) is 5.32 Å². The molecule has 1 aromatic heterocycles. The van der Waals surface area contributed by atoms with E-state index >= 15 is 0 Å². The number of halogens is 2. The average Bonchev–Trinajstić information content (AvgIpc) is 2.63. The molecule has 0 fully saturated rings. The monoisotopic (exact) mass is 414 g/mol. The van der Waals surface area contributed by atoms with E-state index in [0.29, 0.717) is 28.0 Å². The van der Waals surface area contributed by atoms with Crippen LogP contribution in [0, 0.1) is 20.8 Å². The molecule has 0 saturated heterocycles. The van der Waals surface area contributed by atoms with E-state index in [1.165, 1.54) is 6.07 Å². The minimum absolute atomic E-state index is 0.124. The predicted octanol–water partition coefficient (Wildman–Crippen LogP) is 5.38. The third kappa shape index (κ3) is 4.29. The lowest BCUT2D eigenvalue weighted by Gasteiger charge is -2.18. The predicted molar refractivity (Wildman–Crippen MR) is 115 cm³/mol. The highest BCUT2D eigenvalue weighted by molar-refractivity contribution is 6.31. The highest BCUT2D eigenvalue weighted by Gasteiger charge is 2.18. The number of carbonyl (C=O) groups is 1. The summed E-state index contributed by atoms with van der Waals surface area (Å²) in [4.78, 5) is 25.5. The molecule has 0 aliphatic rings. The average molecular weight is 415 g/mol. The van der Waals surface area contributed by atoms with Gasteiger partial charge in [-0.1, -0.05) is 41.4 Å². The van der Waals surface area contributed by atoms with Crippen LogP contribution >= 0.6 is 23.2 Å². The second-order valence-corrected chi connectivity index (χ2v) is 7.61. The van der Waals surface area contributed by atoms with Crippen molar-refractivity contribution in [2.24, 2.45) is 0 Å². The fourth-order valence-electron chi connectivity index (χ4n) is 3.12. The maximum atomic E-state index is 12.9. The van der Waals surface area contributed by atoms with Crippen LogP contribution in [-0.2, 0) is 6.54 Å². The molecular weight excluding hydrogens is 395 g/mol. The molecule has 0 aliphatic heterocycles. The summed E-state index contributed by atoms with van der Waals surface area (Å²) in [5.41, 5.74) is 3.69. The molecule has 6 heteroatoms. The number of nitrogens with zero attached hydrogens (tertiary/aromatic N) is 1. The van der Waals surface area contributed by atoms with E-state index in [0.717, 1.165) is 16.8 Å². The van der Waals surface area contributed by atoms with Crippen molar-refractivity contribution in [1.82, 2.24) is 4.57 Å². The van der Waals surface area contributed by atoms with Gasteiger partial charge in [0.05, 0.1) is 0 Å². The standard InChI is InChI=1S/C22H20Cl2N2O2/c1-13-4-7-18(24)11-19(13)25-22(28)21-15(3)26(14(2)10-20(21)27)12-16-5-8-17(23)9-6-16/h4-11H,12H2,1-3H3,(H,25,28). The van der Waals surface area contributed by atoms with Gasteiger partial charge in [0.1, 0.15) is 5.56 Å². The molecule has 1 heterocycles. The van der Waals surface area contributed by atoms with Gasteiger partial charge in [0.15, 0.2) is 5.43 Å². The zero-order valence-electron chi connectivity index (χ0n) is 15.8. The Bertz CT molecular complexity index is 1100. The lowest BCUT2D eigenvalue weighted by atomic mass is 10.1. The Morgan fingerprint density at radius 3 is 2.29 bits per heavy atom. The number of pyridine rings is 1. The number of aromatic nitrogens is 1. The van der Waals surface area contributed by atoms with Crippen molar-refractivity contribution in [1.29, 1.82) is 0 Å². The van der Waals surface area contributed by atoms with Crippen molar-refractivity contribution >= 4 is 34.8 Å². The Labute approximate surface area is 173 Å². The van der Waals surface area contributed by atoms with E-state index in [-0.39, 0.29) is 11.0 Å². The largest absolute Gasteiger partial charge is 0.344 e. The molecule has 1 amide bonds. The number of aryl methyl sites for hydroxylation is 2. The Morgan fingerprint density at radius 1 is 0.964 bits per heavy atom. The zero-order chi connectivity index (χ0) is 20.4. The van der Waals surface area contributed by atoms with Crippen molar-refractivity contribution in [3.63, 3.8) is 0 Å². The van der Waals surface area contributed by atoms with E-state index in [1.807, 2.05) is 48.7 Å². The Balaban J connectivity index is 1.99. The molecule has 0 unspecified atom stereocenters. The van der Waals surface area contributed by atoms with Gasteiger partial charge in [-0.3, -0.25) is 9.59 Å². The first kappa shape index (κ1) is 20.2. The van der Waals surface area contributed by atoms with Crippen molar-refractivity contribution in [2.75, 3.05) is 5.32 Å². The summed E-state index contributed by atoms with van der Waals surface area (Å²) in [6.45, 7) is 6.04. The number of amides is 1. The lowest BCUT2D eigenvalue weighted by molar-refractivity contribution is 0.102. The molecule has 4 nitrogen and oxygen atoms in total. The molecule has 28 heavy (non-hydrogen) atoms. The third-order valence-corrected chi connectivity index (χ3v) is 5.19. The van der Waals surface area contributed by atoms with Crippen LogP contribution in [0.1, 0.15) is 32.9 Å². The summed E-state index contributed by atoms with van der Waals surface area (Å²) in [5, 5.41) is 3.99. The first-order chi connectivity index (χ1) is 13.3. The molecule has 3 aromatic rings. The molecule has 0 bridgehead atoms. The van der Waals surface area contributed by atoms with Crippen LogP contribution < -0.4 is 10.7 Å². The number of benzene rings is 2. The second kappa shape index (κ2) is 8.21. The zero-order valence-corrected chi connectivity index (χ0v) is 17.4. The van der Waals surface area contributed by atoms with Gasteiger partial charge >= 0.3 is 0 Å². The number of anilines is 1. The summed E-state index contributed by atoms with van der Waals surface area (Å²) >= 11 is 12.0. The number of rotatable bonds is 4. The molecule has 0 saturated carbocycles. The minimum Gasteiger partial charge on any atom is -0.344 e. The van der Waals surface area contributed by atoms with Gasteiger partial charge in [0.25, 0.3) is 5.91 Å². The first-order valence-electron chi connectivity index (χ1n) is 8.79. The summed E-state index contributed by atoms with van der Waals surface area (Å²) in [6.07, 6.45) is 0. The molecule has 0 aliphatic carbocycles. The summed E-state index contributed by atoms with van der Waals surface area (Å²) in [5.74, 6) is -0.447. The normalized spacial score (nSPS) is 10.8. The molecule has 1 N–H and O–H groups in total. The fourth-order valence-corrected chi connectivity index (χ4v) is 3.42. The van der Waals surface area contributed by atoms with Crippen LogP contribution in [0.4, 0.5) is 5.69 Å². The molecule has 144 valence electrons. The van der Waals surface area contributed by atoms with Crippen LogP contribution in [0.25, 0.3) is 0 Å². The van der Waals surface area contributed by atoms with Crippen molar-refractivity contribution in [3.05, 3.63) is 96.9 Å². The van der Waals surface area contributed by atoms with Gasteiger partial charge < -0.3 is 9.88 Å². The molecular formula is C22H20Cl2N2O2. The Kier molecular flexibility index (Phi) is 5.92. The number of nitrogens with one attached hydrogen (secondary N) is 1. The Morgan fingerprint density at radius 2 is 1.61 bits per heavy atom. The summed E-state index contributed by atoms with van der Waals surface area (Å²) in [7, 11) is 0. The van der Waals surface area contributed by atoms with Gasteiger partial charge in [0, 0.05) is 39.7 Å². The van der Waals surface area contributed by atoms with Crippen LogP contribution in [-0.4, -0.2) is 10.5 Å². The van der Waals surface area contributed by atoms with Crippen molar-refractivity contribution < 1.29 is 4.79 Å². The van der Waals surface area contributed by atoms with Crippen LogP contribution in [0.2, 0.25) is 10.0 Å². The van der Waals surface area contributed by atoms with E-state index in [9.17, 15) is 9.59 Å². The maximum Gasteiger partial charge on any atom is 0.261 e. The van der Waals surface area contributed by atoms with E-state index in [1.54, 1.807) is 19.1 Å². The maximum absolute atomic E-state index is 12.9. The van der Waals surface area contributed by atoms with Gasteiger partial charge in [-0.05, 0) is 56.2 Å². The van der Waals surface area contributed by atoms with Gasteiger partial charge in [-0.25, -0.2) is 0 Å². The van der Waals surface area contributed by atoms with Gasteiger partial charge in [0.2, 0.25) is 0 Å². The Hall–Kier alpha value is -2.56.